The Kier molecular flexibility index (Phi) is 53.6. The summed E-state index contributed by atoms with van der Waals surface area (Å²) in [6.07, 6.45) is 44.8. The molecular formula is C128H186N4O14S2. The predicted molar refractivity (Wildman–Crippen MR) is 605 cm³/mol. The molecular weight excluding hydrogens is 1880 g/mol. The van der Waals surface area contributed by atoms with E-state index in [0.29, 0.717) is 107 Å². The van der Waals surface area contributed by atoms with Crippen LogP contribution in [-0.2, 0) is 40.0 Å². The molecule has 6 aliphatic rings. The number of carbonyl (C=O) groups is 12. The van der Waals surface area contributed by atoms with Crippen molar-refractivity contribution in [2.75, 3.05) is 47.9 Å². The summed E-state index contributed by atoms with van der Waals surface area (Å²) in [6.45, 7) is 33.5. The van der Waals surface area contributed by atoms with Crippen molar-refractivity contribution < 1.29 is 67.4 Å². The number of aliphatic hydroxyl groups is 1. The van der Waals surface area contributed by atoms with Gasteiger partial charge in [-0.2, -0.15) is 0 Å². The van der Waals surface area contributed by atoms with E-state index in [1.807, 2.05) is 132 Å². The summed E-state index contributed by atoms with van der Waals surface area (Å²) in [5, 5.41) is 14.2. The molecule has 148 heavy (non-hydrogen) atoms. The third-order valence-corrected chi connectivity index (χ3v) is 35.9. The van der Waals surface area contributed by atoms with Crippen molar-refractivity contribution in [1.82, 2.24) is 19.7 Å². The van der Waals surface area contributed by atoms with Gasteiger partial charge in [-0.05, 0) is 216 Å². The van der Waals surface area contributed by atoms with E-state index in [9.17, 15) is 62.6 Å². The van der Waals surface area contributed by atoms with Gasteiger partial charge in [0.2, 0.25) is 17.7 Å². The molecule has 18 nitrogen and oxygen atoms in total. The Labute approximate surface area is 899 Å². The van der Waals surface area contributed by atoms with Gasteiger partial charge in [-0.3, -0.25) is 62.5 Å². The molecule has 0 radical (unpaired) electrons. The molecule has 20 heteroatoms. The van der Waals surface area contributed by atoms with Crippen LogP contribution in [0, 0.1) is 86.8 Å². The Morgan fingerprint density at radius 2 is 0.750 bits per heavy atom. The van der Waals surface area contributed by atoms with Crippen molar-refractivity contribution >= 4 is 92.4 Å². The summed E-state index contributed by atoms with van der Waals surface area (Å²) >= 11 is 3.23. The summed E-state index contributed by atoms with van der Waals surface area (Å²) < 4.78 is 5.09. The lowest BCUT2D eigenvalue weighted by Gasteiger charge is -2.38. The molecule has 3 heterocycles. The number of methoxy groups -OCH3 is 1. The van der Waals surface area contributed by atoms with Gasteiger partial charge >= 0.3 is 0 Å². The number of ether oxygens (including phenoxy) is 1. The van der Waals surface area contributed by atoms with Crippen LogP contribution in [-0.4, -0.2) is 142 Å². The van der Waals surface area contributed by atoms with Gasteiger partial charge in [0, 0.05) is 126 Å². The molecule has 2 atom stereocenters. The van der Waals surface area contributed by atoms with Crippen LogP contribution in [0.5, 0.6) is 5.75 Å². The molecule has 6 fully saturated rings. The van der Waals surface area contributed by atoms with Gasteiger partial charge in [-0.15, -0.1) is 22.7 Å². The number of hydrogen-bond donors (Lipinski definition) is 1. The number of pyridine rings is 1. The van der Waals surface area contributed by atoms with Gasteiger partial charge in [-0.25, -0.2) is 0 Å². The number of likely N-dealkylation sites (N-methyl/N-ethyl adjacent to an activating group) is 3. The van der Waals surface area contributed by atoms with E-state index in [1.54, 1.807) is 115 Å². The number of carbonyl (C=O) groups excluding carboxylic acids is 12. The number of amides is 3. The maximum Gasteiger partial charge on any atom is 0.228 e. The molecule has 7 aromatic rings. The molecule has 1 unspecified atom stereocenters. The first-order valence-corrected chi connectivity index (χ1v) is 58.1. The first kappa shape index (κ1) is 126. The summed E-state index contributed by atoms with van der Waals surface area (Å²) in [4.78, 5) is 160. The van der Waals surface area contributed by atoms with Crippen molar-refractivity contribution in [2.45, 2.75) is 380 Å². The highest BCUT2D eigenvalue weighted by Crippen LogP contribution is 2.47. The first-order chi connectivity index (χ1) is 70.3. The van der Waals surface area contributed by atoms with Crippen molar-refractivity contribution in [3.05, 3.63) is 212 Å². The highest BCUT2D eigenvalue weighted by Gasteiger charge is 2.44. The number of benzene rings is 4. The molecule has 6 saturated carbocycles. The van der Waals surface area contributed by atoms with Crippen LogP contribution in [0.1, 0.15) is 434 Å². The van der Waals surface area contributed by atoms with E-state index in [0.717, 1.165) is 105 Å². The molecule has 13 rings (SSSR count). The van der Waals surface area contributed by atoms with E-state index < -0.39 is 6.10 Å². The van der Waals surface area contributed by atoms with Crippen molar-refractivity contribution in [1.29, 1.82) is 0 Å². The summed E-state index contributed by atoms with van der Waals surface area (Å²) in [7, 11) is 6.81. The zero-order valence-corrected chi connectivity index (χ0v) is 96.0. The van der Waals surface area contributed by atoms with Gasteiger partial charge < -0.3 is 24.5 Å². The fraction of sp³-hybridized carbons (Fsp3) is 0.617. The monoisotopic (exact) mass is 2070 g/mol. The molecule has 0 bridgehead atoms. The quantitative estimate of drug-likeness (QED) is 0.0349. The van der Waals surface area contributed by atoms with Gasteiger partial charge in [0.15, 0.2) is 28.9 Å². The number of aryl methyl sites for hydroxylation is 2. The highest BCUT2D eigenvalue weighted by molar-refractivity contribution is 7.12. The van der Waals surface area contributed by atoms with Gasteiger partial charge in [0.05, 0.1) is 37.7 Å². The van der Waals surface area contributed by atoms with Gasteiger partial charge in [0.1, 0.15) is 34.6 Å². The second kappa shape index (κ2) is 63.2. The summed E-state index contributed by atoms with van der Waals surface area (Å²) in [5.74, 6) is 5.54. The van der Waals surface area contributed by atoms with E-state index in [-0.39, 0.29) is 123 Å². The fourth-order valence-corrected chi connectivity index (χ4v) is 24.5. The van der Waals surface area contributed by atoms with Crippen LogP contribution in [0.4, 0.5) is 0 Å². The fourth-order valence-electron chi connectivity index (χ4n) is 23.0. The number of rotatable bonds is 42. The van der Waals surface area contributed by atoms with E-state index in [1.165, 1.54) is 157 Å². The Hall–Kier alpha value is -9.37. The Bertz CT molecular complexity index is 5150. The molecule has 0 saturated heterocycles. The average Bonchev–Trinajstić information content (AvgIpc) is 0.820. The number of thiophene rings is 2. The standard InChI is InChI=1S/C20H29NO2.C20H28O3.C19H28O2.C18H25NO2.C17H25NO2S.C17H25NO2.C17H26OS/c1-15-9-8-10-16(13-15)18(22)14-21(4)19(23)20(2,3)17-11-6-5-7-12-17;1-20(2,16-7-5-4-6-8-16)19(22)14-13-18(21)15-9-11-17(23-3)12-10-15;1-19(2,16-11-7-4-8-12-16)18(21)14-13-17(20)15-9-5-3-6-10-15;1-18(2,14-8-4-3-5-9-14)17(21)12-11-16(20)15-10-6-7-13-19-15;1-17(2,13-8-5-4-6-9-13)16(20)18(3)12-14(19)15-10-7-11-21-15;1-5-14(6-2)13(3)17(20)18(4)12-16(19)15-10-8-7-9-11-15;1-17(2,14-8-4-3-5-9-14)16(18)12-6-10-15-11-7-13-19-15/h8-10,13,17H,5-7,11-12,14H2,1-4H3;9-12,16H,4-8,13-14H2,1-3H3;3,5-6,9-10,16-17,20H,4,7-8,11-14H2,1-2H3;6-7,10,13-14H,3-5,8-9,11-12H2,1-2H3;7,10-11,13H,4-6,8-9,12H2,1-3H3;7-11,13-14H,5-6,12H2,1-4H3;7,11,13-14H,3-6,8-10,12H2,1-2H3/t;;;;;13-;/m.....1./s1. The van der Waals surface area contributed by atoms with Crippen LogP contribution >= 0.6 is 22.7 Å². The van der Waals surface area contributed by atoms with E-state index in [2.05, 4.69) is 91.7 Å². The minimum atomic E-state index is -0.530. The van der Waals surface area contributed by atoms with Crippen LogP contribution in [0.2, 0.25) is 0 Å². The maximum absolute atomic E-state index is 12.9. The third kappa shape index (κ3) is 39.7. The summed E-state index contributed by atoms with van der Waals surface area (Å²) in [6, 6.07) is 46.6. The number of aliphatic hydroxyl groups excluding tert-OH is 1. The number of ketones is 9. The van der Waals surface area contributed by atoms with Crippen LogP contribution in [0.3, 0.4) is 0 Å². The largest absolute Gasteiger partial charge is 0.497 e. The molecule has 6 aliphatic carbocycles. The van der Waals surface area contributed by atoms with Crippen molar-refractivity contribution in [3.63, 3.8) is 0 Å². The van der Waals surface area contributed by atoms with Crippen molar-refractivity contribution in [2.24, 2.45) is 79.8 Å². The average molecular weight is 2070 g/mol. The molecule has 1 N–H and O–H groups in total. The topological polar surface area (TPSA) is 257 Å². The maximum atomic E-state index is 12.9. The molecule has 0 spiro atoms. The van der Waals surface area contributed by atoms with Crippen molar-refractivity contribution in [3.8, 4) is 5.75 Å². The first-order valence-electron chi connectivity index (χ1n) is 56.3. The Balaban J connectivity index is 0.000000234. The number of hydrogen-bond acceptors (Lipinski definition) is 17. The lowest BCUT2D eigenvalue weighted by atomic mass is 9.68. The van der Waals surface area contributed by atoms with Gasteiger partial charge in [0.25, 0.3) is 0 Å². The zero-order valence-electron chi connectivity index (χ0n) is 94.3. The minimum Gasteiger partial charge on any atom is -0.497 e. The van der Waals surface area contributed by atoms with E-state index in [4.69, 9.17) is 4.74 Å². The van der Waals surface area contributed by atoms with Crippen LogP contribution < -0.4 is 4.74 Å². The second-order valence-electron chi connectivity index (χ2n) is 46.6. The second-order valence-corrected chi connectivity index (χ2v) is 48.6. The normalized spacial score (nSPS) is 16.3. The smallest absolute Gasteiger partial charge is 0.228 e. The molecule has 4 aromatic carbocycles. The Morgan fingerprint density at radius 1 is 0.378 bits per heavy atom. The molecule has 814 valence electrons. The molecule has 3 aromatic heterocycles. The summed E-state index contributed by atoms with van der Waals surface area (Å²) in [5.41, 5.74) is 2.70. The minimum absolute atomic E-state index is 0.00370. The zero-order chi connectivity index (χ0) is 109. The van der Waals surface area contributed by atoms with Crippen LogP contribution in [0.25, 0.3) is 0 Å². The van der Waals surface area contributed by atoms with E-state index >= 15 is 0 Å². The number of aromatic nitrogens is 1. The number of nitrogens with zero attached hydrogens (tertiary/aromatic N) is 4. The molecule has 0 aliphatic heterocycles. The lowest BCUT2D eigenvalue weighted by Crippen LogP contribution is -2.45. The molecule has 3 amide bonds. The lowest BCUT2D eigenvalue weighted by molar-refractivity contribution is -0.142. The highest BCUT2D eigenvalue weighted by atomic mass is 32.1. The third-order valence-electron chi connectivity index (χ3n) is 34.1. The van der Waals surface area contributed by atoms with Crippen LogP contribution in [0.15, 0.2) is 169 Å². The van der Waals surface area contributed by atoms with Gasteiger partial charge in [-0.1, -0.05) is 335 Å². The Morgan fingerprint density at radius 3 is 1.15 bits per heavy atom. The number of Topliss-reactive ketones (excluding diaryl/α,β-unsaturated/α-hetero) is 9. The SMILES string of the molecule is CC(C)(C(=O)CCC(=O)c1ccccn1)C1CCCCC1.CC(C)(C(=O)CCC(O)c1ccccc1)C1CCCCC1.CC(C)(C(=O)CCCc1cccs1)C1CCCCC1.CCC(CC)[C@@H](C)C(=O)N(C)CC(=O)c1ccccc1.CN(CC(=O)c1cccs1)C(=O)C(C)(C)C1CCCCC1.COc1ccc(C(=O)CCC(=O)C(C)(C)C2CCCCC2)cc1.Cc1cccc(C(=O)CN(C)C(=O)C(C)(C)C2CCCCC2)c1. The predicted octanol–water partition coefficient (Wildman–Crippen LogP) is 30.6.